The van der Waals surface area contributed by atoms with Crippen molar-refractivity contribution in [1.29, 1.82) is 0 Å². The highest BCUT2D eigenvalue weighted by atomic mass is 35.5. The molecule has 0 atom stereocenters. The second-order valence-electron chi connectivity index (χ2n) is 3.88. The van der Waals surface area contributed by atoms with Crippen molar-refractivity contribution >= 4 is 40.3 Å². The Labute approximate surface area is 116 Å². The number of nitrogens with one attached hydrogen (secondary N) is 1. The minimum absolute atomic E-state index is 0.272. The highest BCUT2D eigenvalue weighted by molar-refractivity contribution is 7.80. The lowest BCUT2D eigenvalue weighted by Gasteiger charge is -2.09. The molecule has 0 radical (unpaired) electrons. The third kappa shape index (κ3) is 2.97. The Balaban J connectivity index is 2.31. The zero-order chi connectivity index (χ0) is 13.1. The van der Waals surface area contributed by atoms with E-state index in [1.807, 2.05) is 37.3 Å². The van der Waals surface area contributed by atoms with Crippen LogP contribution in [-0.4, -0.2) is 9.97 Å². The summed E-state index contributed by atoms with van der Waals surface area (Å²) in [6, 6.07) is 11.2. The molecule has 0 fully saturated rings. The van der Waals surface area contributed by atoms with Crippen LogP contribution in [0.3, 0.4) is 0 Å². The van der Waals surface area contributed by atoms with Crippen LogP contribution in [0.5, 0.6) is 0 Å². The van der Waals surface area contributed by atoms with Gasteiger partial charge in [0.05, 0.1) is 16.4 Å². The monoisotopic (exact) mass is 277 g/mol. The fourth-order valence-corrected chi connectivity index (χ4v) is 1.79. The Morgan fingerprint density at radius 3 is 2.83 bits per heavy atom. The highest BCUT2D eigenvalue weighted by Crippen LogP contribution is 2.25. The molecule has 3 nitrogen and oxygen atoms in total. The quantitative estimate of drug-likeness (QED) is 0.844. The van der Waals surface area contributed by atoms with Crippen molar-refractivity contribution in [2.45, 2.75) is 6.92 Å². The maximum absolute atomic E-state index is 6.11. The summed E-state index contributed by atoms with van der Waals surface area (Å²) in [7, 11) is 0. The highest BCUT2D eigenvalue weighted by Gasteiger charge is 2.04. The molecule has 0 unspecified atom stereocenters. The van der Waals surface area contributed by atoms with Crippen LogP contribution in [0, 0.1) is 6.92 Å². The summed E-state index contributed by atoms with van der Waals surface area (Å²) in [5, 5.41) is 3.79. The average Bonchev–Trinajstić information content (AvgIpc) is 2.34. The van der Waals surface area contributed by atoms with Crippen LogP contribution in [0.4, 0.5) is 11.5 Å². The van der Waals surface area contributed by atoms with Gasteiger partial charge in [-0.2, -0.15) is 0 Å². The smallest absolute Gasteiger partial charge is 0.131 e. The van der Waals surface area contributed by atoms with Gasteiger partial charge in [0.1, 0.15) is 10.8 Å². The molecule has 0 spiro atoms. The molecule has 3 N–H and O–H groups in total. The van der Waals surface area contributed by atoms with E-state index in [9.17, 15) is 0 Å². The third-order valence-corrected chi connectivity index (χ3v) is 2.92. The Hall–Kier alpha value is -1.65. The lowest BCUT2D eigenvalue weighted by atomic mass is 10.2. The van der Waals surface area contributed by atoms with Crippen molar-refractivity contribution < 1.29 is 0 Å². The summed E-state index contributed by atoms with van der Waals surface area (Å²) in [6.07, 6.45) is 0. The molecule has 2 aromatic rings. The molecule has 0 saturated carbocycles. The Kier molecular flexibility index (Phi) is 3.79. The Morgan fingerprint density at radius 1 is 1.33 bits per heavy atom. The number of hydrogen-bond donors (Lipinski definition) is 2. The number of thiocarbonyl (C=S) groups is 1. The number of pyridine rings is 1. The first-order chi connectivity index (χ1) is 8.56. The van der Waals surface area contributed by atoms with E-state index in [1.165, 1.54) is 0 Å². The predicted octanol–water partition coefficient (Wildman–Crippen LogP) is 3.42. The van der Waals surface area contributed by atoms with Gasteiger partial charge in [-0.1, -0.05) is 36.0 Å². The van der Waals surface area contributed by atoms with Crippen molar-refractivity contribution in [3.8, 4) is 0 Å². The summed E-state index contributed by atoms with van der Waals surface area (Å²) in [5.74, 6) is 0.660. The number of hydrogen-bond acceptors (Lipinski definition) is 3. The van der Waals surface area contributed by atoms with Crippen LogP contribution < -0.4 is 11.1 Å². The maximum atomic E-state index is 6.11. The number of aromatic nitrogens is 1. The van der Waals surface area contributed by atoms with Gasteiger partial charge in [-0.25, -0.2) is 4.98 Å². The molecule has 5 heteroatoms. The van der Waals surface area contributed by atoms with Gasteiger partial charge in [0.2, 0.25) is 0 Å². The number of nitrogens with two attached hydrogens (primary N) is 1. The Bertz CT molecular complexity index is 599. The second-order valence-corrected chi connectivity index (χ2v) is 4.73. The molecule has 0 amide bonds. The van der Waals surface area contributed by atoms with Gasteiger partial charge in [-0.15, -0.1) is 0 Å². The first-order valence-corrected chi connectivity index (χ1v) is 6.15. The molecule has 2 rings (SSSR count). The first kappa shape index (κ1) is 12.8. The van der Waals surface area contributed by atoms with E-state index in [1.54, 1.807) is 6.07 Å². The standard InChI is InChI=1S/C13H12ClN3S/c1-8-5-6-9(14)11(7-8)17-12-4-2-3-10(16-12)13(15)18/h2-7H,1H3,(H2,15,18)(H,16,17). The van der Waals surface area contributed by atoms with E-state index in [0.29, 0.717) is 16.5 Å². The number of aryl methyl sites for hydroxylation is 1. The summed E-state index contributed by atoms with van der Waals surface area (Å²) in [6.45, 7) is 2.00. The van der Waals surface area contributed by atoms with Crippen molar-refractivity contribution in [3.05, 3.63) is 52.7 Å². The van der Waals surface area contributed by atoms with Crippen LogP contribution in [0.1, 0.15) is 11.3 Å². The van der Waals surface area contributed by atoms with Crippen molar-refractivity contribution in [2.24, 2.45) is 5.73 Å². The zero-order valence-corrected chi connectivity index (χ0v) is 11.3. The summed E-state index contributed by atoms with van der Waals surface area (Å²) >= 11 is 11.0. The van der Waals surface area contributed by atoms with Gasteiger partial charge in [0.25, 0.3) is 0 Å². The van der Waals surface area contributed by atoms with E-state index in [0.717, 1.165) is 11.3 Å². The fraction of sp³-hybridized carbons (Fsp3) is 0.0769. The van der Waals surface area contributed by atoms with E-state index in [-0.39, 0.29) is 4.99 Å². The number of nitrogens with zero attached hydrogens (tertiary/aromatic N) is 1. The van der Waals surface area contributed by atoms with Crippen LogP contribution >= 0.6 is 23.8 Å². The van der Waals surface area contributed by atoms with Gasteiger partial charge < -0.3 is 11.1 Å². The number of rotatable bonds is 3. The molecular formula is C13H12ClN3S. The van der Waals surface area contributed by atoms with Gasteiger partial charge in [-0.05, 0) is 36.8 Å². The molecule has 18 heavy (non-hydrogen) atoms. The zero-order valence-electron chi connectivity index (χ0n) is 9.77. The second kappa shape index (κ2) is 5.33. The minimum atomic E-state index is 0.272. The largest absolute Gasteiger partial charge is 0.388 e. The van der Waals surface area contributed by atoms with E-state index >= 15 is 0 Å². The fourth-order valence-electron chi connectivity index (χ4n) is 1.51. The molecule has 1 aromatic heterocycles. The first-order valence-electron chi connectivity index (χ1n) is 5.36. The summed E-state index contributed by atoms with van der Waals surface area (Å²) in [4.78, 5) is 4.57. The molecule has 0 aliphatic heterocycles. The number of halogens is 1. The molecule has 0 bridgehead atoms. The molecular weight excluding hydrogens is 266 g/mol. The minimum Gasteiger partial charge on any atom is -0.388 e. The van der Waals surface area contributed by atoms with E-state index in [2.05, 4.69) is 10.3 Å². The average molecular weight is 278 g/mol. The predicted molar refractivity (Wildman–Crippen MR) is 79.6 cm³/mol. The van der Waals surface area contributed by atoms with Crippen LogP contribution in [-0.2, 0) is 0 Å². The van der Waals surface area contributed by atoms with E-state index < -0.39 is 0 Å². The van der Waals surface area contributed by atoms with Gasteiger partial charge in [0, 0.05) is 0 Å². The van der Waals surface area contributed by atoms with Crippen molar-refractivity contribution in [1.82, 2.24) is 4.98 Å². The van der Waals surface area contributed by atoms with Crippen LogP contribution in [0.15, 0.2) is 36.4 Å². The molecule has 0 saturated heterocycles. The van der Waals surface area contributed by atoms with E-state index in [4.69, 9.17) is 29.6 Å². The maximum Gasteiger partial charge on any atom is 0.131 e. The number of benzene rings is 1. The van der Waals surface area contributed by atoms with Crippen LogP contribution in [0.2, 0.25) is 5.02 Å². The number of anilines is 2. The molecule has 1 heterocycles. The van der Waals surface area contributed by atoms with Gasteiger partial charge in [-0.3, -0.25) is 0 Å². The van der Waals surface area contributed by atoms with Gasteiger partial charge >= 0.3 is 0 Å². The van der Waals surface area contributed by atoms with Crippen LogP contribution in [0.25, 0.3) is 0 Å². The SMILES string of the molecule is Cc1ccc(Cl)c(Nc2cccc(C(N)=S)n2)c1. The molecule has 92 valence electrons. The lowest BCUT2D eigenvalue weighted by molar-refractivity contribution is 1.28. The Morgan fingerprint density at radius 2 is 2.11 bits per heavy atom. The third-order valence-electron chi connectivity index (χ3n) is 2.39. The summed E-state index contributed by atoms with van der Waals surface area (Å²) in [5.41, 5.74) is 8.05. The molecule has 1 aromatic carbocycles. The topological polar surface area (TPSA) is 50.9 Å². The van der Waals surface area contributed by atoms with Crippen molar-refractivity contribution in [3.63, 3.8) is 0 Å². The summed E-state index contributed by atoms with van der Waals surface area (Å²) < 4.78 is 0. The van der Waals surface area contributed by atoms with Crippen molar-refractivity contribution in [2.75, 3.05) is 5.32 Å². The lowest BCUT2D eigenvalue weighted by Crippen LogP contribution is -2.12. The normalized spacial score (nSPS) is 10.1. The molecule has 0 aliphatic carbocycles. The molecule has 0 aliphatic rings. The van der Waals surface area contributed by atoms with Gasteiger partial charge in [0.15, 0.2) is 0 Å².